The van der Waals surface area contributed by atoms with Gasteiger partial charge in [-0.3, -0.25) is 0 Å². The molecule has 0 saturated heterocycles. The van der Waals surface area contributed by atoms with Crippen molar-refractivity contribution in [2.45, 2.75) is 46.1 Å². The van der Waals surface area contributed by atoms with Gasteiger partial charge in [0.15, 0.2) is 0 Å². The second-order valence-corrected chi connectivity index (χ2v) is 5.99. The average molecular weight is 282 g/mol. The van der Waals surface area contributed by atoms with Crippen LogP contribution in [-0.4, -0.2) is 34.6 Å². The highest BCUT2D eigenvalue weighted by atomic mass is 32.2. The van der Waals surface area contributed by atoms with Gasteiger partial charge in [0.25, 0.3) is 0 Å². The van der Waals surface area contributed by atoms with Gasteiger partial charge in [0.2, 0.25) is 0 Å². The monoisotopic (exact) mass is 282 g/mol. The summed E-state index contributed by atoms with van der Waals surface area (Å²) >= 11 is 1.84. The maximum Gasteiger partial charge on any atom is 0.135 e. The highest BCUT2D eigenvalue weighted by Crippen LogP contribution is 2.18. The van der Waals surface area contributed by atoms with Crippen molar-refractivity contribution in [2.24, 2.45) is 0 Å². The molecule has 1 heterocycles. The summed E-state index contributed by atoms with van der Waals surface area (Å²) in [5.41, 5.74) is 0. The van der Waals surface area contributed by atoms with E-state index < -0.39 is 0 Å². The van der Waals surface area contributed by atoms with Crippen molar-refractivity contribution in [2.75, 3.05) is 29.2 Å². The van der Waals surface area contributed by atoms with Crippen LogP contribution in [0.25, 0.3) is 0 Å². The molecule has 4 nitrogen and oxygen atoms in total. The van der Waals surface area contributed by atoms with Crippen molar-refractivity contribution in [3.05, 3.63) is 11.9 Å². The molecule has 1 rings (SSSR count). The summed E-state index contributed by atoms with van der Waals surface area (Å²) in [6.45, 7) is 9.50. The summed E-state index contributed by atoms with van der Waals surface area (Å²) < 4.78 is 0. The van der Waals surface area contributed by atoms with Crippen molar-refractivity contribution in [1.82, 2.24) is 9.97 Å². The van der Waals surface area contributed by atoms with E-state index in [1.807, 2.05) is 17.8 Å². The van der Waals surface area contributed by atoms with E-state index in [1.165, 1.54) is 0 Å². The number of hydrogen-bond acceptors (Lipinski definition) is 5. The Kier molecular flexibility index (Phi) is 6.99. The second-order valence-electron chi connectivity index (χ2n) is 5.08. The van der Waals surface area contributed by atoms with Gasteiger partial charge >= 0.3 is 0 Å². The van der Waals surface area contributed by atoms with Crippen LogP contribution in [0.3, 0.4) is 0 Å². The molecule has 0 spiro atoms. The fourth-order valence-corrected chi connectivity index (χ4v) is 2.27. The number of anilines is 2. The van der Waals surface area contributed by atoms with Gasteiger partial charge in [0.05, 0.1) is 0 Å². The molecular weight excluding hydrogens is 256 g/mol. The summed E-state index contributed by atoms with van der Waals surface area (Å²) in [6, 6.07) is 2.40. The summed E-state index contributed by atoms with van der Waals surface area (Å²) in [5.74, 6) is 4.12. The van der Waals surface area contributed by atoms with Crippen LogP contribution in [0.4, 0.5) is 11.6 Å². The highest BCUT2D eigenvalue weighted by molar-refractivity contribution is 7.98. The van der Waals surface area contributed by atoms with Gasteiger partial charge in [-0.25, -0.2) is 9.97 Å². The van der Waals surface area contributed by atoms with Gasteiger partial charge in [-0.15, -0.1) is 0 Å². The zero-order chi connectivity index (χ0) is 14.3. The quantitative estimate of drug-likeness (QED) is 0.763. The lowest BCUT2D eigenvalue weighted by molar-refractivity contribution is 0.769. The lowest BCUT2D eigenvalue weighted by Gasteiger charge is -2.16. The summed E-state index contributed by atoms with van der Waals surface area (Å²) in [6.07, 6.45) is 3.21. The third-order valence-electron chi connectivity index (χ3n) is 2.63. The first kappa shape index (κ1) is 16.1. The molecule has 0 saturated carbocycles. The minimum absolute atomic E-state index is 0.333. The first-order valence-electron chi connectivity index (χ1n) is 6.95. The third kappa shape index (κ3) is 5.68. The van der Waals surface area contributed by atoms with Crippen molar-refractivity contribution >= 4 is 23.4 Å². The lowest BCUT2D eigenvalue weighted by atomic mass is 10.2. The Bertz CT molecular complexity index is 382. The normalized spacial score (nSPS) is 12.5. The zero-order valence-corrected chi connectivity index (χ0v) is 13.5. The molecule has 0 aromatic carbocycles. The zero-order valence-electron chi connectivity index (χ0n) is 12.7. The Morgan fingerprint density at radius 2 is 1.89 bits per heavy atom. The van der Waals surface area contributed by atoms with E-state index in [2.05, 4.69) is 54.6 Å². The Morgan fingerprint density at radius 3 is 2.47 bits per heavy atom. The van der Waals surface area contributed by atoms with E-state index >= 15 is 0 Å². The van der Waals surface area contributed by atoms with E-state index in [1.54, 1.807) is 0 Å². The largest absolute Gasteiger partial charge is 0.370 e. The molecule has 0 radical (unpaired) electrons. The number of thioether (sulfide) groups is 1. The molecule has 0 fully saturated rings. The molecule has 5 heteroatoms. The van der Waals surface area contributed by atoms with Gasteiger partial charge in [-0.2, -0.15) is 11.8 Å². The van der Waals surface area contributed by atoms with Gasteiger partial charge in [0, 0.05) is 30.3 Å². The Labute approximate surface area is 121 Å². The number of hydrogen-bond donors (Lipinski definition) is 2. The van der Waals surface area contributed by atoms with Crippen molar-refractivity contribution in [1.29, 1.82) is 0 Å². The summed E-state index contributed by atoms with van der Waals surface area (Å²) in [5, 5.41) is 6.78. The van der Waals surface area contributed by atoms with E-state index in [4.69, 9.17) is 0 Å². The van der Waals surface area contributed by atoms with Gasteiger partial charge in [-0.05, 0) is 19.6 Å². The molecule has 0 aliphatic carbocycles. The maximum atomic E-state index is 4.59. The SMILES string of the molecule is CCCNc1cc(NC(C)CSC)nc(C(C)C)n1. The van der Waals surface area contributed by atoms with E-state index in [0.29, 0.717) is 12.0 Å². The van der Waals surface area contributed by atoms with E-state index in [-0.39, 0.29) is 0 Å². The number of nitrogens with one attached hydrogen (secondary N) is 2. The van der Waals surface area contributed by atoms with Crippen LogP contribution in [0.15, 0.2) is 6.07 Å². The summed E-state index contributed by atoms with van der Waals surface area (Å²) in [4.78, 5) is 9.15. The molecule has 1 atom stereocenters. The first-order valence-corrected chi connectivity index (χ1v) is 8.34. The van der Waals surface area contributed by atoms with Crippen LogP contribution in [-0.2, 0) is 0 Å². The number of rotatable bonds is 8. The minimum Gasteiger partial charge on any atom is -0.370 e. The third-order valence-corrected chi connectivity index (χ3v) is 3.46. The smallest absolute Gasteiger partial charge is 0.135 e. The molecule has 0 aliphatic heterocycles. The van der Waals surface area contributed by atoms with Gasteiger partial charge < -0.3 is 10.6 Å². The van der Waals surface area contributed by atoms with E-state index in [0.717, 1.165) is 36.2 Å². The topological polar surface area (TPSA) is 49.8 Å². The average Bonchev–Trinajstić information content (AvgIpc) is 2.36. The molecule has 0 bridgehead atoms. The number of nitrogens with zero attached hydrogens (tertiary/aromatic N) is 2. The minimum atomic E-state index is 0.333. The van der Waals surface area contributed by atoms with Crippen molar-refractivity contribution < 1.29 is 0 Å². The van der Waals surface area contributed by atoms with Crippen molar-refractivity contribution in [3.8, 4) is 0 Å². The molecule has 108 valence electrons. The van der Waals surface area contributed by atoms with E-state index in [9.17, 15) is 0 Å². The summed E-state index contributed by atoms with van der Waals surface area (Å²) in [7, 11) is 0. The van der Waals surface area contributed by atoms with Crippen LogP contribution in [0.2, 0.25) is 0 Å². The molecular formula is C14H26N4S. The van der Waals surface area contributed by atoms with Gasteiger partial charge in [-0.1, -0.05) is 20.8 Å². The first-order chi connectivity index (χ1) is 9.06. The molecule has 2 N–H and O–H groups in total. The van der Waals surface area contributed by atoms with Crippen molar-refractivity contribution in [3.63, 3.8) is 0 Å². The standard InChI is InChI=1S/C14H26N4S/c1-6-7-15-12-8-13(16-11(4)9-19-5)18-14(17-12)10(2)3/h8,10-11H,6-7,9H2,1-5H3,(H2,15,16,17,18). The molecule has 1 aromatic rings. The maximum absolute atomic E-state index is 4.59. The lowest BCUT2D eigenvalue weighted by Crippen LogP contribution is -2.19. The molecule has 1 aromatic heterocycles. The van der Waals surface area contributed by atoms with Crippen LogP contribution in [0.5, 0.6) is 0 Å². The van der Waals surface area contributed by atoms with Crippen LogP contribution >= 0.6 is 11.8 Å². The van der Waals surface area contributed by atoms with Crippen LogP contribution in [0.1, 0.15) is 45.9 Å². The fourth-order valence-electron chi connectivity index (χ4n) is 1.69. The molecule has 0 amide bonds. The molecule has 0 aliphatic rings. The van der Waals surface area contributed by atoms with Crippen LogP contribution < -0.4 is 10.6 Å². The highest BCUT2D eigenvalue weighted by Gasteiger charge is 2.09. The van der Waals surface area contributed by atoms with Gasteiger partial charge in [0.1, 0.15) is 17.5 Å². The Morgan fingerprint density at radius 1 is 1.21 bits per heavy atom. The predicted octanol–water partition coefficient (Wildman–Crippen LogP) is 3.59. The number of aromatic nitrogens is 2. The van der Waals surface area contributed by atoms with Crippen LogP contribution in [0, 0.1) is 0 Å². The predicted molar refractivity (Wildman–Crippen MR) is 86.4 cm³/mol. The molecule has 19 heavy (non-hydrogen) atoms. The second kappa shape index (κ2) is 8.25. The Hall–Kier alpha value is -0.970. The Balaban J connectivity index is 2.86. The fraction of sp³-hybridized carbons (Fsp3) is 0.714. The molecule has 1 unspecified atom stereocenters.